The average molecular weight is 180 g/mol. The fourth-order valence-electron chi connectivity index (χ4n) is 0.981. The summed E-state index contributed by atoms with van der Waals surface area (Å²) in [6.45, 7) is 0. The van der Waals surface area contributed by atoms with Crippen molar-refractivity contribution in [2.24, 2.45) is 5.29 Å². The first-order valence-corrected chi connectivity index (χ1v) is 3.56. The fraction of sp³-hybridized carbons (Fsp3) is 0.125. The number of carbonyl (C=O) groups is 1. The highest BCUT2D eigenvalue weighted by molar-refractivity contribution is 5.94. The van der Waals surface area contributed by atoms with E-state index in [0.29, 0.717) is 0 Å². The molecule has 5 nitrogen and oxygen atoms in total. The Kier molecular flexibility index (Phi) is 2.59. The van der Waals surface area contributed by atoms with E-state index in [4.69, 9.17) is 5.11 Å². The number of hydrogen-bond acceptors (Lipinski definition) is 3. The molecule has 0 unspecified atom stereocenters. The molecule has 13 heavy (non-hydrogen) atoms. The topological polar surface area (TPSA) is 70.0 Å². The van der Waals surface area contributed by atoms with Gasteiger partial charge in [-0.25, -0.2) is 9.80 Å². The van der Waals surface area contributed by atoms with Crippen LogP contribution in [0.25, 0.3) is 0 Å². The second kappa shape index (κ2) is 3.66. The van der Waals surface area contributed by atoms with Gasteiger partial charge in [0.2, 0.25) is 0 Å². The molecular formula is C8H8N2O3. The van der Waals surface area contributed by atoms with Gasteiger partial charge in [0.1, 0.15) is 0 Å². The number of hydrogen-bond donors (Lipinski definition) is 1. The molecule has 1 N–H and O–H groups in total. The van der Waals surface area contributed by atoms with E-state index in [-0.39, 0.29) is 11.3 Å². The van der Waals surface area contributed by atoms with Gasteiger partial charge in [-0.1, -0.05) is 12.1 Å². The van der Waals surface area contributed by atoms with Crippen molar-refractivity contribution in [3.05, 3.63) is 34.7 Å². The third-order valence-corrected chi connectivity index (χ3v) is 1.61. The van der Waals surface area contributed by atoms with Crippen molar-refractivity contribution in [3.63, 3.8) is 0 Å². The maximum Gasteiger partial charge on any atom is 0.337 e. The van der Waals surface area contributed by atoms with E-state index in [2.05, 4.69) is 5.29 Å². The summed E-state index contributed by atoms with van der Waals surface area (Å²) in [5, 5.41) is 12.3. The van der Waals surface area contributed by atoms with Crippen LogP contribution in [0.3, 0.4) is 0 Å². The van der Waals surface area contributed by atoms with E-state index in [0.717, 1.165) is 5.01 Å². The van der Waals surface area contributed by atoms with E-state index in [1.54, 1.807) is 12.1 Å². The van der Waals surface area contributed by atoms with E-state index < -0.39 is 5.97 Å². The second-order valence-corrected chi connectivity index (χ2v) is 2.43. The van der Waals surface area contributed by atoms with Crippen molar-refractivity contribution >= 4 is 11.7 Å². The largest absolute Gasteiger partial charge is 0.478 e. The molecule has 0 atom stereocenters. The van der Waals surface area contributed by atoms with Crippen LogP contribution in [-0.2, 0) is 0 Å². The van der Waals surface area contributed by atoms with E-state index >= 15 is 0 Å². The first kappa shape index (κ1) is 9.18. The number of nitroso groups, excluding NO2 is 1. The van der Waals surface area contributed by atoms with Gasteiger partial charge in [-0.05, 0) is 12.1 Å². The number of aromatic carboxylic acids is 1. The van der Waals surface area contributed by atoms with Crippen LogP contribution in [0, 0.1) is 4.91 Å². The second-order valence-electron chi connectivity index (χ2n) is 2.43. The molecule has 0 saturated carbocycles. The molecule has 0 aliphatic carbocycles. The van der Waals surface area contributed by atoms with Gasteiger partial charge in [-0.15, -0.1) is 4.91 Å². The average Bonchev–Trinajstić information content (AvgIpc) is 2.16. The smallest absolute Gasteiger partial charge is 0.337 e. The molecule has 0 spiro atoms. The van der Waals surface area contributed by atoms with Gasteiger partial charge in [0.05, 0.1) is 16.5 Å². The number of rotatable bonds is 3. The summed E-state index contributed by atoms with van der Waals surface area (Å²) >= 11 is 0. The summed E-state index contributed by atoms with van der Waals surface area (Å²) in [4.78, 5) is 20.8. The molecule has 0 radical (unpaired) electrons. The SMILES string of the molecule is CN(N=O)c1ccccc1C(=O)O. The van der Waals surface area contributed by atoms with Crippen LogP contribution in [0.2, 0.25) is 0 Å². The lowest BCUT2D eigenvalue weighted by Crippen LogP contribution is -2.11. The van der Waals surface area contributed by atoms with Crippen molar-refractivity contribution in [2.75, 3.05) is 12.1 Å². The van der Waals surface area contributed by atoms with Crippen LogP contribution in [0.15, 0.2) is 29.6 Å². The Hall–Kier alpha value is -1.91. The predicted octanol–water partition coefficient (Wildman–Crippen LogP) is 1.50. The molecule has 0 heterocycles. The Labute approximate surface area is 74.5 Å². The van der Waals surface area contributed by atoms with Gasteiger partial charge in [0, 0.05) is 7.05 Å². The number of nitrogens with zero attached hydrogens (tertiary/aromatic N) is 2. The number of para-hydroxylation sites is 1. The highest BCUT2D eigenvalue weighted by Gasteiger charge is 2.12. The first-order chi connectivity index (χ1) is 6.16. The van der Waals surface area contributed by atoms with E-state index in [1.165, 1.54) is 19.2 Å². The summed E-state index contributed by atoms with van der Waals surface area (Å²) in [5.41, 5.74) is 0.342. The van der Waals surface area contributed by atoms with E-state index in [9.17, 15) is 9.70 Å². The normalized spacial score (nSPS) is 9.31. The van der Waals surface area contributed by atoms with Crippen molar-refractivity contribution in [2.45, 2.75) is 0 Å². The zero-order valence-corrected chi connectivity index (χ0v) is 6.97. The quantitative estimate of drug-likeness (QED) is 0.565. The zero-order chi connectivity index (χ0) is 9.84. The summed E-state index contributed by atoms with van der Waals surface area (Å²) in [7, 11) is 1.40. The van der Waals surface area contributed by atoms with Crippen molar-refractivity contribution in [1.82, 2.24) is 0 Å². The van der Waals surface area contributed by atoms with Gasteiger partial charge in [0.15, 0.2) is 0 Å². The highest BCUT2D eigenvalue weighted by atomic mass is 16.4. The number of carboxylic acids is 1. The third-order valence-electron chi connectivity index (χ3n) is 1.61. The Balaban J connectivity index is 3.19. The Morgan fingerprint density at radius 2 is 2.08 bits per heavy atom. The van der Waals surface area contributed by atoms with Gasteiger partial charge < -0.3 is 5.11 Å². The number of carboxylic acid groups (broad SMARTS) is 1. The predicted molar refractivity (Wildman–Crippen MR) is 47.6 cm³/mol. The highest BCUT2D eigenvalue weighted by Crippen LogP contribution is 2.18. The van der Waals surface area contributed by atoms with Crippen LogP contribution >= 0.6 is 0 Å². The lowest BCUT2D eigenvalue weighted by Gasteiger charge is -2.10. The van der Waals surface area contributed by atoms with Crippen LogP contribution in [0.4, 0.5) is 5.69 Å². The van der Waals surface area contributed by atoms with E-state index in [1.807, 2.05) is 0 Å². The van der Waals surface area contributed by atoms with Gasteiger partial charge >= 0.3 is 5.97 Å². The van der Waals surface area contributed by atoms with Crippen molar-refractivity contribution in [3.8, 4) is 0 Å². The minimum absolute atomic E-state index is 0.0598. The zero-order valence-electron chi connectivity index (χ0n) is 6.97. The molecule has 0 aliphatic heterocycles. The molecule has 0 fully saturated rings. The minimum atomic E-state index is -1.08. The Morgan fingerprint density at radius 3 is 2.62 bits per heavy atom. The summed E-state index contributed by atoms with van der Waals surface area (Å²) in [5.74, 6) is -1.08. The van der Waals surface area contributed by atoms with Crippen LogP contribution < -0.4 is 5.01 Å². The molecule has 0 amide bonds. The molecule has 1 aromatic rings. The molecule has 0 saturated heterocycles. The monoisotopic (exact) mass is 180 g/mol. The van der Waals surface area contributed by atoms with Crippen molar-refractivity contribution < 1.29 is 9.90 Å². The lowest BCUT2D eigenvalue weighted by molar-refractivity contribution is 0.0697. The molecule has 1 aromatic carbocycles. The Bertz CT molecular complexity index is 338. The van der Waals surface area contributed by atoms with Gasteiger partial charge in [-0.2, -0.15) is 0 Å². The standard InChI is InChI=1S/C8H8N2O3/c1-10(9-13)7-5-3-2-4-6(7)8(11)12/h2-5H,1H3,(H,11,12). The molecular weight excluding hydrogens is 172 g/mol. The minimum Gasteiger partial charge on any atom is -0.478 e. The summed E-state index contributed by atoms with van der Waals surface area (Å²) < 4.78 is 0. The lowest BCUT2D eigenvalue weighted by atomic mass is 10.2. The summed E-state index contributed by atoms with van der Waals surface area (Å²) in [6.07, 6.45) is 0. The van der Waals surface area contributed by atoms with Gasteiger partial charge in [0.25, 0.3) is 0 Å². The molecule has 5 heteroatoms. The fourth-order valence-corrected chi connectivity index (χ4v) is 0.981. The number of benzene rings is 1. The third kappa shape index (κ3) is 1.81. The maximum absolute atomic E-state index is 10.7. The molecule has 68 valence electrons. The van der Waals surface area contributed by atoms with Crippen molar-refractivity contribution in [1.29, 1.82) is 0 Å². The van der Waals surface area contributed by atoms with Crippen LogP contribution in [-0.4, -0.2) is 18.1 Å². The Morgan fingerprint density at radius 1 is 1.46 bits per heavy atom. The molecule has 0 aliphatic rings. The summed E-state index contributed by atoms with van der Waals surface area (Å²) in [6, 6.07) is 6.17. The van der Waals surface area contributed by atoms with Crippen LogP contribution in [0.5, 0.6) is 0 Å². The van der Waals surface area contributed by atoms with Crippen LogP contribution in [0.1, 0.15) is 10.4 Å². The number of anilines is 1. The molecule has 1 rings (SSSR count). The van der Waals surface area contributed by atoms with Gasteiger partial charge in [-0.3, -0.25) is 0 Å². The maximum atomic E-state index is 10.7. The molecule has 0 bridgehead atoms. The first-order valence-electron chi connectivity index (χ1n) is 3.56. The molecule has 0 aromatic heterocycles.